The highest BCUT2D eigenvalue weighted by Gasteiger charge is 2.23. The van der Waals surface area contributed by atoms with Crippen LogP contribution in [0.3, 0.4) is 0 Å². The zero-order chi connectivity index (χ0) is 16.1. The van der Waals surface area contributed by atoms with Crippen molar-refractivity contribution in [3.05, 3.63) is 41.8 Å². The number of benzene rings is 1. The van der Waals surface area contributed by atoms with E-state index in [4.69, 9.17) is 16.9 Å². The third kappa shape index (κ3) is 3.92. The minimum atomic E-state index is -0.846. The van der Waals surface area contributed by atoms with Gasteiger partial charge in [-0.25, -0.2) is 0 Å². The summed E-state index contributed by atoms with van der Waals surface area (Å²) in [5, 5.41) is 7.32. The number of piperidine rings is 1. The van der Waals surface area contributed by atoms with Gasteiger partial charge in [-0.2, -0.15) is 0 Å². The van der Waals surface area contributed by atoms with Crippen molar-refractivity contribution < 1.29 is 9.59 Å². The molecular formula is C16H21N4O2. The molecule has 1 radical (unpaired) electrons. The van der Waals surface area contributed by atoms with E-state index in [0.29, 0.717) is 24.2 Å². The fourth-order valence-electron chi connectivity index (χ4n) is 2.44. The Morgan fingerprint density at radius 3 is 2.23 bits per heavy atom. The molecule has 0 saturated carbocycles. The molecule has 5 N–H and O–H groups in total. The topological polar surface area (TPSA) is 113 Å². The highest BCUT2D eigenvalue weighted by Crippen LogP contribution is 2.12. The van der Waals surface area contributed by atoms with Crippen molar-refractivity contribution in [3.63, 3.8) is 0 Å². The molecule has 0 aliphatic carbocycles. The van der Waals surface area contributed by atoms with E-state index in [2.05, 4.69) is 6.42 Å². The number of nitrogens with zero attached hydrogens (tertiary/aromatic N) is 1. The molecule has 0 bridgehead atoms. The molecule has 1 saturated heterocycles. The smallest absolute Gasteiger partial charge is 0.224 e. The largest absolute Gasteiger partial charge is 0.384 e. The van der Waals surface area contributed by atoms with Gasteiger partial charge >= 0.3 is 0 Å². The lowest BCUT2D eigenvalue weighted by Gasteiger charge is -2.27. The molecule has 1 aromatic carbocycles. The number of nitrogens with one attached hydrogen (secondary N) is 1. The van der Waals surface area contributed by atoms with Crippen LogP contribution in [0.25, 0.3) is 0 Å². The number of hydrogen-bond donors (Lipinski definition) is 3. The molecule has 1 fully saturated rings. The van der Waals surface area contributed by atoms with E-state index in [1.807, 2.05) is 0 Å². The first-order valence-electron chi connectivity index (χ1n) is 7.32. The lowest BCUT2D eigenvalue weighted by Crippen LogP contribution is -2.41. The summed E-state index contributed by atoms with van der Waals surface area (Å²) in [5.74, 6) is -0.401. The van der Waals surface area contributed by atoms with E-state index in [1.165, 1.54) is 0 Å². The van der Waals surface area contributed by atoms with Crippen molar-refractivity contribution in [1.82, 2.24) is 4.90 Å². The van der Waals surface area contributed by atoms with Crippen LogP contribution in [0.2, 0.25) is 0 Å². The Morgan fingerprint density at radius 1 is 1.14 bits per heavy atom. The molecule has 1 aromatic rings. The van der Waals surface area contributed by atoms with Crippen LogP contribution >= 0.6 is 0 Å². The highest BCUT2D eigenvalue weighted by molar-refractivity contribution is 6.03. The molecule has 22 heavy (non-hydrogen) atoms. The molecule has 0 spiro atoms. The summed E-state index contributed by atoms with van der Waals surface area (Å²) in [4.78, 5) is 26.1. The second kappa shape index (κ2) is 7.17. The highest BCUT2D eigenvalue weighted by atomic mass is 16.2. The predicted octanol–water partition coefficient (Wildman–Crippen LogP) is 0.697. The number of hydrogen-bond acceptors (Lipinski definition) is 4. The van der Waals surface area contributed by atoms with Crippen LogP contribution in [0, 0.1) is 11.8 Å². The number of carbonyl (C=O) groups excluding carboxylic acids is 2. The third-order valence-corrected chi connectivity index (χ3v) is 3.77. The Hall–Kier alpha value is -2.21. The van der Waals surface area contributed by atoms with Gasteiger partial charge in [0.15, 0.2) is 5.78 Å². The van der Waals surface area contributed by atoms with Crippen molar-refractivity contribution in [2.75, 3.05) is 13.1 Å². The summed E-state index contributed by atoms with van der Waals surface area (Å²) in [6.45, 7) is 1.40. The van der Waals surface area contributed by atoms with Gasteiger partial charge in [-0.15, -0.1) is 0 Å². The standard InChI is InChI=1S/C16H21N4O2/c17-13(10-14(21)20-8-2-1-3-9-20)15(22)11-4-6-12(7-5-11)16(18)19/h1,4-7,13H,2-3,8-10,17H2,(H3,18,19). The van der Waals surface area contributed by atoms with E-state index < -0.39 is 6.04 Å². The number of likely N-dealkylation sites (tertiary alicyclic amines) is 1. The third-order valence-electron chi connectivity index (χ3n) is 3.77. The molecule has 2 rings (SSSR count). The number of amides is 1. The minimum Gasteiger partial charge on any atom is -0.384 e. The van der Waals surface area contributed by atoms with Gasteiger partial charge in [-0.1, -0.05) is 24.3 Å². The average Bonchev–Trinajstić information content (AvgIpc) is 2.55. The van der Waals surface area contributed by atoms with Crippen LogP contribution in [-0.2, 0) is 4.79 Å². The van der Waals surface area contributed by atoms with Gasteiger partial charge in [0.2, 0.25) is 5.91 Å². The average molecular weight is 301 g/mol. The van der Waals surface area contributed by atoms with Crippen LogP contribution in [0.1, 0.15) is 35.2 Å². The van der Waals surface area contributed by atoms with E-state index in [1.54, 1.807) is 29.2 Å². The van der Waals surface area contributed by atoms with Gasteiger partial charge < -0.3 is 16.4 Å². The number of carbonyl (C=O) groups is 2. The number of amidine groups is 1. The molecule has 1 atom stereocenters. The summed E-state index contributed by atoms with van der Waals surface area (Å²) in [6, 6.07) is 5.52. The van der Waals surface area contributed by atoms with Crippen molar-refractivity contribution >= 4 is 17.5 Å². The number of nitrogen functional groups attached to an aromatic ring is 1. The summed E-state index contributed by atoms with van der Waals surface area (Å²) < 4.78 is 0. The molecule has 1 unspecified atom stereocenters. The van der Waals surface area contributed by atoms with Crippen molar-refractivity contribution in [2.24, 2.45) is 11.5 Å². The molecule has 0 aromatic heterocycles. The van der Waals surface area contributed by atoms with Gasteiger partial charge in [-0.05, 0) is 19.3 Å². The lowest BCUT2D eigenvalue weighted by atomic mass is 10.00. The fraction of sp³-hybridized carbons (Fsp3) is 0.375. The van der Waals surface area contributed by atoms with Gasteiger partial charge in [0.1, 0.15) is 5.84 Å². The van der Waals surface area contributed by atoms with Gasteiger partial charge in [0.25, 0.3) is 0 Å². The Balaban J connectivity index is 1.96. The number of ketones is 1. The Bertz CT molecular complexity index is 562. The molecule has 1 aliphatic rings. The number of Topliss-reactive ketones (excluding diaryl/α,β-unsaturated/α-hetero) is 1. The molecule has 6 nitrogen and oxygen atoms in total. The second-order valence-corrected chi connectivity index (χ2v) is 5.41. The number of rotatable bonds is 5. The van der Waals surface area contributed by atoms with Crippen LogP contribution in [0.5, 0.6) is 0 Å². The predicted molar refractivity (Wildman–Crippen MR) is 84.5 cm³/mol. The maximum Gasteiger partial charge on any atom is 0.224 e. The first-order valence-corrected chi connectivity index (χ1v) is 7.32. The monoisotopic (exact) mass is 301 g/mol. The van der Waals surface area contributed by atoms with Crippen molar-refractivity contribution in [1.29, 1.82) is 5.41 Å². The maximum atomic E-state index is 12.3. The van der Waals surface area contributed by atoms with Gasteiger partial charge in [0.05, 0.1) is 6.04 Å². The maximum absolute atomic E-state index is 12.3. The molecule has 1 amide bonds. The Labute approximate surface area is 130 Å². The van der Waals surface area contributed by atoms with Crippen LogP contribution in [-0.4, -0.2) is 41.6 Å². The number of nitrogens with two attached hydrogens (primary N) is 2. The van der Waals surface area contributed by atoms with Gasteiger partial charge in [0, 0.05) is 30.6 Å². The molecule has 6 heteroatoms. The van der Waals surface area contributed by atoms with Crippen molar-refractivity contribution in [2.45, 2.75) is 25.3 Å². The first-order chi connectivity index (χ1) is 10.5. The zero-order valence-electron chi connectivity index (χ0n) is 12.4. The summed E-state index contributed by atoms with van der Waals surface area (Å²) >= 11 is 0. The fourth-order valence-corrected chi connectivity index (χ4v) is 2.44. The van der Waals surface area contributed by atoms with E-state index >= 15 is 0 Å². The van der Waals surface area contributed by atoms with E-state index in [0.717, 1.165) is 12.8 Å². The Kier molecular flexibility index (Phi) is 5.27. The van der Waals surface area contributed by atoms with Crippen molar-refractivity contribution in [3.8, 4) is 0 Å². The summed E-state index contributed by atoms with van der Waals surface area (Å²) in [6.07, 6.45) is 3.96. The van der Waals surface area contributed by atoms with Crippen LogP contribution in [0.15, 0.2) is 24.3 Å². The SMILES string of the molecule is N=C(N)c1ccc(C(=O)C(N)CC(=O)N2CC[CH]CC2)cc1. The van der Waals surface area contributed by atoms with E-state index in [-0.39, 0.29) is 23.9 Å². The first kappa shape index (κ1) is 16.2. The van der Waals surface area contributed by atoms with Gasteiger partial charge in [-0.3, -0.25) is 15.0 Å². The molecule has 1 aliphatic heterocycles. The minimum absolute atomic E-state index is 0.0211. The Morgan fingerprint density at radius 2 is 1.68 bits per heavy atom. The quantitative estimate of drug-likeness (QED) is 0.422. The normalized spacial score (nSPS) is 16.1. The molecule has 117 valence electrons. The van der Waals surface area contributed by atoms with Crippen LogP contribution < -0.4 is 11.5 Å². The summed E-state index contributed by atoms with van der Waals surface area (Å²) in [7, 11) is 0. The summed E-state index contributed by atoms with van der Waals surface area (Å²) in [5.41, 5.74) is 12.2. The second-order valence-electron chi connectivity index (χ2n) is 5.41. The van der Waals surface area contributed by atoms with E-state index in [9.17, 15) is 9.59 Å². The molecule has 1 heterocycles. The van der Waals surface area contributed by atoms with Crippen LogP contribution in [0.4, 0.5) is 0 Å². The zero-order valence-corrected chi connectivity index (χ0v) is 12.4. The molecular weight excluding hydrogens is 280 g/mol. The lowest BCUT2D eigenvalue weighted by molar-refractivity contribution is -0.131.